The maximum absolute atomic E-state index is 17.2. The number of likely N-dealkylation sites (tertiary alicyclic amines) is 1. The minimum atomic E-state index is -3.29. The minimum absolute atomic E-state index is 0.157. The Balaban J connectivity index is 1.87. The monoisotopic (exact) mass is 727 g/mol. The first-order chi connectivity index (χ1) is 20.7. The topological polar surface area (TPSA) is 82.0 Å². The summed E-state index contributed by atoms with van der Waals surface area (Å²) in [5, 5.41) is 10.7. The molecule has 2 saturated heterocycles. The van der Waals surface area contributed by atoms with Crippen LogP contribution in [0.3, 0.4) is 0 Å². The van der Waals surface area contributed by atoms with Crippen molar-refractivity contribution >= 4 is 56.4 Å². The van der Waals surface area contributed by atoms with Gasteiger partial charge in [-0.25, -0.2) is 0 Å². The van der Waals surface area contributed by atoms with Crippen molar-refractivity contribution in [2.45, 2.75) is 104 Å². The number of carboxylic acid groups (broad SMARTS) is 1. The number of benzene rings is 1. The third kappa shape index (κ3) is 7.80. The van der Waals surface area contributed by atoms with Gasteiger partial charge in [-0.2, -0.15) is 0 Å². The van der Waals surface area contributed by atoms with E-state index >= 15 is 4.39 Å². The number of amides is 1. The van der Waals surface area contributed by atoms with E-state index in [1.54, 1.807) is 0 Å². The first-order valence-corrected chi connectivity index (χ1v) is 24.3. The molecule has 0 spiro atoms. The number of hydrogen-bond acceptors (Lipinski definition) is 6. The summed E-state index contributed by atoms with van der Waals surface area (Å²) in [5.74, 6) is 0.297. The van der Waals surface area contributed by atoms with E-state index in [0.29, 0.717) is 42.5 Å². The van der Waals surface area contributed by atoms with E-state index < -0.39 is 24.5 Å². The predicted molar refractivity (Wildman–Crippen MR) is 177 cm³/mol. The van der Waals surface area contributed by atoms with Crippen molar-refractivity contribution in [2.75, 3.05) is 44.7 Å². The average molecular weight is 727 g/mol. The van der Waals surface area contributed by atoms with Crippen LogP contribution in [0.4, 0.5) is 15.0 Å². The van der Waals surface area contributed by atoms with Crippen molar-refractivity contribution in [1.29, 1.82) is 0 Å². The molecule has 240 valence electrons. The van der Waals surface area contributed by atoms with Gasteiger partial charge in [0.15, 0.2) is 0 Å². The zero-order valence-electron chi connectivity index (χ0n) is 26.8. The van der Waals surface area contributed by atoms with Gasteiger partial charge in [0.1, 0.15) is 0 Å². The SMILES string of the molecule is CCC[CH2][Sn]([CH2]CCC)([CH2]CCC)[c]1c(Cl)cc2c(N3CCN(C(=O)O)C[C@@H]3C)nc(OC[C@@H]3CCCN3C)nc2c1F. The Morgan fingerprint density at radius 2 is 1.74 bits per heavy atom. The number of likely N-dealkylation sites (N-methyl/N-ethyl adjacent to an activating group) is 1. The van der Waals surface area contributed by atoms with E-state index in [0.717, 1.165) is 74.8 Å². The van der Waals surface area contributed by atoms with Crippen molar-refractivity contribution < 1.29 is 19.0 Å². The van der Waals surface area contributed by atoms with Crippen LogP contribution in [-0.4, -0.2) is 101 Å². The second-order valence-corrected chi connectivity index (χ2v) is 26.1. The van der Waals surface area contributed by atoms with Crippen molar-refractivity contribution in [3.05, 3.63) is 16.9 Å². The molecule has 2 aliphatic rings. The summed E-state index contributed by atoms with van der Waals surface area (Å²) in [6.45, 7) is 11.2. The van der Waals surface area contributed by atoms with Gasteiger partial charge in [-0.05, 0) is 0 Å². The summed E-state index contributed by atoms with van der Waals surface area (Å²) >= 11 is 3.87. The molecule has 0 radical (unpaired) electrons. The second-order valence-electron chi connectivity index (χ2n) is 12.7. The van der Waals surface area contributed by atoms with Crippen LogP contribution >= 0.6 is 11.6 Å². The van der Waals surface area contributed by atoms with Crippen molar-refractivity contribution in [3.8, 4) is 6.01 Å². The van der Waals surface area contributed by atoms with Crippen molar-refractivity contribution in [2.24, 2.45) is 0 Å². The number of piperazine rings is 1. The predicted octanol–water partition coefficient (Wildman–Crippen LogP) is 7.14. The molecule has 0 bridgehead atoms. The molecule has 11 heteroatoms. The number of carbonyl (C=O) groups is 1. The van der Waals surface area contributed by atoms with Crippen LogP contribution in [0, 0.1) is 5.82 Å². The van der Waals surface area contributed by atoms with Gasteiger partial charge < -0.3 is 0 Å². The van der Waals surface area contributed by atoms with Crippen molar-refractivity contribution in [3.63, 3.8) is 0 Å². The Kier molecular flexibility index (Phi) is 12.4. The number of nitrogens with zero attached hydrogens (tertiary/aromatic N) is 5. The van der Waals surface area contributed by atoms with Gasteiger partial charge in [-0.1, -0.05) is 0 Å². The summed E-state index contributed by atoms with van der Waals surface area (Å²) in [4.78, 5) is 27.1. The Bertz CT molecular complexity index is 1230. The first-order valence-electron chi connectivity index (χ1n) is 16.4. The quantitative estimate of drug-likeness (QED) is 0.208. The molecule has 1 aromatic carbocycles. The maximum atomic E-state index is 17.2. The van der Waals surface area contributed by atoms with Gasteiger partial charge in [0.2, 0.25) is 0 Å². The fourth-order valence-corrected chi connectivity index (χ4v) is 25.0. The van der Waals surface area contributed by atoms with E-state index in [-0.39, 0.29) is 29.4 Å². The molecule has 4 rings (SSSR count). The summed E-state index contributed by atoms with van der Waals surface area (Å²) in [6.07, 6.45) is 7.79. The number of ether oxygens (including phenoxy) is 1. The Labute approximate surface area is 266 Å². The first kappa shape index (κ1) is 34.3. The standard InChI is InChI=1S/C20H24ClFN5O3.3C4H9.Sn/c1-12-10-26(20(28)29)6-7-27(12)18-15-8-13(21)9-16(22)17(15)23-19(24-18)30-11-14-4-3-5-25(14)2;3*1-3-4-2;/h8,12,14H,3-7,10-11H2,1-2H3,(H,28,29);3*1,3-4H2,2H3;/t12-,14-;;;;/m0..../s1. The Hall–Kier alpha value is -1.59. The number of rotatable bonds is 14. The zero-order valence-corrected chi connectivity index (χ0v) is 30.4. The summed E-state index contributed by atoms with van der Waals surface area (Å²) in [6, 6.07) is 2.20. The molecular formula is C32H51ClFN5O3Sn. The summed E-state index contributed by atoms with van der Waals surface area (Å²) in [7, 11) is 2.10. The van der Waals surface area contributed by atoms with Gasteiger partial charge in [-0.3, -0.25) is 0 Å². The van der Waals surface area contributed by atoms with E-state index in [2.05, 4.69) is 37.6 Å². The molecule has 8 nitrogen and oxygen atoms in total. The number of anilines is 1. The Morgan fingerprint density at radius 1 is 1.09 bits per heavy atom. The van der Waals surface area contributed by atoms with Gasteiger partial charge >= 0.3 is 267 Å². The number of unbranched alkanes of at least 4 members (excludes halogenated alkanes) is 3. The van der Waals surface area contributed by atoms with Gasteiger partial charge in [0.05, 0.1) is 0 Å². The molecule has 0 aliphatic carbocycles. The van der Waals surface area contributed by atoms with Crippen LogP contribution in [-0.2, 0) is 0 Å². The van der Waals surface area contributed by atoms with Gasteiger partial charge in [0.25, 0.3) is 0 Å². The van der Waals surface area contributed by atoms with E-state index in [1.807, 2.05) is 13.0 Å². The molecule has 1 aromatic heterocycles. The molecule has 1 amide bonds. The van der Waals surface area contributed by atoms with Crippen LogP contribution in [0.1, 0.15) is 79.1 Å². The molecule has 1 N–H and O–H groups in total. The van der Waals surface area contributed by atoms with Crippen LogP contribution in [0.15, 0.2) is 6.07 Å². The number of hydrogen-bond donors (Lipinski definition) is 1. The fraction of sp³-hybridized carbons (Fsp3) is 0.719. The van der Waals surface area contributed by atoms with Gasteiger partial charge in [0, 0.05) is 0 Å². The fourth-order valence-electron chi connectivity index (χ4n) is 7.03. The average Bonchev–Trinajstić information content (AvgIpc) is 3.40. The van der Waals surface area contributed by atoms with Crippen LogP contribution in [0.2, 0.25) is 18.3 Å². The van der Waals surface area contributed by atoms with Crippen molar-refractivity contribution in [1.82, 2.24) is 19.8 Å². The number of fused-ring (bicyclic) bond motifs is 1. The van der Waals surface area contributed by atoms with Crippen LogP contribution in [0.25, 0.3) is 10.9 Å². The normalized spacial score (nSPS) is 19.9. The second kappa shape index (κ2) is 15.6. The molecule has 0 saturated carbocycles. The molecule has 0 unspecified atom stereocenters. The Morgan fingerprint density at radius 3 is 2.28 bits per heavy atom. The molecule has 3 heterocycles. The van der Waals surface area contributed by atoms with Crippen LogP contribution < -0.4 is 13.2 Å². The third-order valence-electron chi connectivity index (χ3n) is 9.65. The molecule has 2 aromatic rings. The zero-order chi connectivity index (χ0) is 31.1. The van der Waals surface area contributed by atoms with E-state index in [4.69, 9.17) is 26.3 Å². The number of aromatic nitrogens is 2. The molecule has 43 heavy (non-hydrogen) atoms. The summed E-state index contributed by atoms with van der Waals surface area (Å²) in [5.41, 5.74) is 0.289. The van der Waals surface area contributed by atoms with E-state index in [9.17, 15) is 9.90 Å². The number of halogens is 2. The molecule has 2 fully saturated rings. The van der Waals surface area contributed by atoms with Gasteiger partial charge in [-0.15, -0.1) is 0 Å². The van der Waals surface area contributed by atoms with E-state index in [1.165, 1.54) is 4.90 Å². The van der Waals surface area contributed by atoms with Crippen LogP contribution in [0.5, 0.6) is 6.01 Å². The molecule has 2 aliphatic heterocycles. The third-order valence-corrected chi connectivity index (χ3v) is 26.0. The molecular weight excluding hydrogens is 676 g/mol. The summed E-state index contributed by atoms with van der Waals surface area (Å²) < 4.78 is 27.5. The molecule has 2 atom stereocenters.